The lowest BCUT2D eigenvalue weighted by Crippen LogP contribution is -2.40. The van der Waals surface area contributed by atoms with Gasteiger partial charge in [-0.25, -0.2) is 27.7 Å². The zero-order valence-corrected chi connectivity index (χ0v) is 29.7. The van der Waals surface area contributed by atoms with Crippen LogP contribution >= 0.6 is 11.3 Å². The summed E-state index contributed by atoms with van der Waals surface area (Å²) in [7, 11) is -3.95. The molecule has 0 aliphatic heterocycles. The SMILES string of the molecule is Cc1cc(Nc2ccc(-c3cnc(C4CCC(NC(=O)OC(C)C)CC4)s3)c(S(=O)(=O)NC(C)(C)C)c2)nn1C(=O)OC(C)(C)C. The number of ether oxygens (including phenoxy) is 2. The number of nitrogens with one attached hydrogen (secondary N) is 3. The normalized spacial score (nSPS) is 17.5. The quantitative estimate of drug-likeness (QED) is 0.227. The van der Waals surface area contributed by atoms with E-state index in [0.29, 0.717) is 22.8 Å². The van der Waals surface area contributed by atoms with Gasteiger partial charge in [0, 0.05) is 46.7 Å². The summed E-state index contributed by atoms with van der Waals surface area (Å²) in [5.41, 5.74) is 0.189. The Kier molecular flexibility index (Phi) is 10.5. The van der Waals surface area contributed by atoms with Gasteiger partial charge in [-0.15, -0.1) is 16.4 Å². The van der Waals surface area contributed by atoms with Crippen molar-refractivity contribution in [1.29, 1.82) is 0 Å². The second kappa shape index (κ2) is 13.7. The Labute approximate surface area is 275 Å². The number of hydrogen-bond acceptors (Lipinski definition) is 10. The Balaban J connectivity index is 1.58. The van der Waals surface area contributed by atoms with Crippen molar-refractivity contribution in [2.24, 2.45) is 0 Å². The van der Waals surface area contributed by atoms with E-state index in [1.165, 1.54) is 16.0 Å². The first kappa shape index (κ1) is 35.4. The number of rotatable bonds is 8. The van der Waals surface area contributed by atoms with Crippen LogP contribution in [0.3, 0.4) is 0 Å². The molecule has 1 aliphatic rings. The van der Waals surface area contributed by atoms with Crippen LogP contribution in [0.1, 0.15) is 97.7 Å². The molecular formula is C32H46N6O6S2. The van der Waals surface area contributed by atoms with Crippen LogP contribution < -0.4 is 15.4 Å². The van der Waals surface area contributed by atoms with Crippen LogP contribution in [0.4, 0.5) is 21.1 Å². The Morgan fingerprint density at radius 3 is 2.33 bits per heavy atom. The van der Waals surface area contributed by atoms with Crippen LogP contribution in [0, 0.1) is 6.92 Å². The summed E-state index contributed by atoms with van der Waals surface area (Å²) in [5, 5.41) is 11.4. The summed E-state index contributed by atoms with van der Waals surface area (Å²) in [6.07, 6.45) is 3.89. The van der Waals surface area contributed by atoms with Crippen LogP contribution in [0.5, 0.6) is 0 Å². The average Bonchev–Trinajstić information content (AvgIpc) is 3.53. The van der Waals surface area contributed by atoms with Crippen LogP contribution in [0.25, 0.3) is 10.4 Å². The first-order valence-electron chi connectivity index (χ1n) is 15.5. The molecule has 46 heavy (non-hydrogen) atoms. The predicted octanol–water partition coefficient (Wildman–Crippen LogP) is 7.08. The lowest BCUT2D eigenvalue weighted by atomic mass is 9.86. The Morgan fingerprint density at radius 1 is 1.04 bits per heavy atom. The first-order chi connectivity index (χ1) is 21.3. The lowest BCUT2D eigenvalue weighted by Gasteiger charge is -2.28. The van der Waals surface area contributed by atoms with Gasteiger partial charge in [0.05, 0.1) is 20.9 Å². The topological polar surface area (TPSA) is 154 Å². The van der Waals surface area contributed by atoms with Crippen molar-refractivity contribution in [1.82, 2.24) is 24.8 Å². The molecule has 1 saturated carbocycles. The summed E-state index contributed by atoms with van der Waals surface area (Å²) in [6.45, 7) is 16.1. The van der Waals surface area contributed by atoms with Gasteiger partial charge in [-0.1, -0.05) is 6.07 Å². The second-order valence-electron chi connectivity index (χ2n) is 14.0. The van der Waals surface area contributed by atoms with Crippen LogP contribution in [0.15, 0.2) is 35.4 Å². The lowest BCUT2D eigenvalue weighted by molar-refractivity contribution is 0.0511. The van der Waals surface area contributed by atoms with E-state index in [4.69, 9.17) is 14.5 Å². The molecule has 0 atom stereocenters. The number of anilines is 2. The Hall–Kier alpha value is -3.49. The van der Waals surface area contributed by atoms with Crippen molar-refractivity contribution in [3.63, 3.8) is 0 Å². The minimum Gasteiger partial charge on any atom is -0.447 e. The van der Waals surface area contributed by atoms with Crippen molar-refractivity contribution in [3.8, 4) is 10.4 Å². The third kappa shape index (κ3) is 9.52. The molecule has 4 rings (SSSR count). The number of sulfonamides is 1. The highest BCUT2D eigenvalue weighted by molar-refractivity contribution is 7.89. The number of aromatic nitrogens is 3. The summed E-state index contributed by atoms with van der Waals surface area (Å²) in [5.74, 6) is 0.584. The molecule has 0 spiro atoms. The maximum atomic E-state index is 13.7. The minimum absolute atomic E-state index is 0.0570. The highest BCUT2D eigenvalue weighted by atomic mass is 32.2. The Morgan fingerprint density at radius 2 is 1.72 bits per heavy atom. The van der Waals surface area contributed by atoms with Gasteiger partial charge in [-0.3, -0.25) is 0 Å². The van der Waals surface area contributed by atoms with E-state index in [0.717, 1.165) is 35.6 Å². The molecule has 0 bridgehead atoms. The third-order valence-corrected chi connectivity index (χ3v) is 9.96. The molecule has 1 fully saturated rings. The number of benzene rings is 1. The molecule has 0 unspecified atom stereocenters. The molecule has 3 aromatic rings. The number of alkyl carbamates (subject to hydrolysis) is 1. The minimum atomic E-state index is -3.95. The standard InChI is InChI=1S/C32H46N6O6S2/c1-19(2)43-29(39)35-22-12-10-21(11-13-22)28-33-18-25(45-28)24-15-14-23(17-26(24)46(41,42)37-31(4,5)6)34-27-16-20(3)38(36-27)30(40)44-32(7,8)9/h14-19,21-22,37H,10-13H2,1-9H3,(H,34,36)(H,35,39). The van der Waals surface area contributed by atoms with Gasteiger partial charge in [-0.05, 0) is 100 Å². The van der Waals surface area contributed by atoms with Gasteiger partial charge < -0.3 is 20.1 Å². The number of amides is 1. The molecule has 1 amide bonds. The van der Waals surface area contributed by atoms with Crippen molar-refractivity contribution < 1.29 is 27.5 Å². The number of carbonyl (C=O) groups excluding carboxylic acids is 2. The van der Waals surface area contributed by atoms with Crippen molar-refractivity contribution >= 4 is 45.1 Å². The molecule has 1 aliphatic carbocycles. The van der Waals surface area contributed by atoms with E-state index in [9.17, 15) is 18.0 Å². The van der Waals surface area contributed by atoms with E-state index < -0.39 is 33.3 Å². The molecule has 12 nitrogen and oxygen atoms in total. The van der Waals surface area contributed by atoms with Crippen molar-refractivity contribution in [3.05, 3.63) is 41.2 Å². The van der Waals surface area contributed by atoms with Gasteiger partial charge in [0.15, 0.2) is 5.82 Å². The molecule has 0 radical (unpaired) electrons. The van der Waals surface area contributed by atoms with Gasteiger partial charge in [-0.2, -0.15) is 4.68 Å². The van der Waals surface area contributed by atoms with E-state index in [-0.39, 0.29) is 23.0 Å². The fraction of sp³-hybridized carbons (Fsp3) is 0.562. The largest absolute Gasteiger partial charge is 0.447 e. The van der Waals surface area contributed by atoms with Gasteiger partial charge in [0.2, 0.25) is 10.0 Å². The summed E-state index contributed by atoms with van der Waals surface area (Å²) in [6, 6.07) is 6.85. The van der Waals surface area contributed by atoms with Crippen molar-refractivity contribution in [2.75, 3.05) is 5.32 Å². The van der Waals surface area contributed by atoms with E-state index in [1.807, 2.05) is 13.8 Å². The molecule has 1 aromatic carbocycles. The third-order valence-electron chi connectivity index (χ3n) is 6.97. The summed E-state index contributed by atoms with van der Waals surface area (Å²) >= 11 is 1.48. The maximum absolute atomic E-state index is 13.7. The van der Waals surface area contributed by atoms with Crippen LogP contribution in [-0.4, -0.2) is 58.7 Å². The van der Waals surface area contributed by atoms with Crippen LogP contribution in [-0.2, 0) is 19.5 Å². The number of aryl methyl sites for hydroxylation is 1. The van der Waals surface area contributed by atoms with Gasteiger partial charge in [0.1, 0.15) is 5.60 Å². The highest BCUT2D eigenvalue weighted by Gasteiger charge is 2.29. The highest BCUT2D eigenvalue weighted by Crippen LogP contribution is 2.40. The molecular weight excluding hydrogens is 629 g/mol. The average molecular weight is 675 g/mol. The predicted molar refractivity (Wildman–Crippen MR) is 179 cm³/mol. The zero-order valence-electron chi connectivity index (χ0n) is 28.1. The van der Waals surface area contributed by atoms with E-state index >= 15 is 0 Å². The molecule has 252 valence electrons. The molecule has 3 N–H and O–H groups in total. The Bertz CT molecular complexity index is 1660. The zero-order chi connectivity index (χ0) is 34.0. The first-order valence-corrected chi connectivity index (χ1v) is 17.8. The molecule has 2 aromatic heterocycles. The molecule has 2 heterocycles. The summed E-state index contributed by atoms with van der Waals surface area (Å²) in [4.78, 5) is 30.2. The number of thiazole rings is 1. The second-order valence-corrected chi connectivity index (χ2v) is 16.7. The van der Waals surface area contributed by atoms with E-state index in [2.05, 4.69) is 20.5 Å². The fourth-order valence-electron chi connectivity index (χ4n) is 5.16. The molecule has 0 saturated heterocycles. The fourth-order valence-corrected chi connectivity index (χ4v) is 8.01. The van der Waals surface area contributed by atoms with E-state index in [1.54, 1.807) is 78.9 Å². The van der Waals surface area contributed by atoms with Gasteiger partial charge in [0.25, 0.3) is 0 Å². The van der Waals surface area contributed by atoms with Crippen molar-refractivity contribution in [2.45, 2.75) is 122 Å². The van der Waals surface area contributed by atoms with Gasteiger partial charge >= 0.3 is 12.2 Å². The monoisotopic (exact) mass is 674 g/mol. The number of carbonyl (C=O) groups is 2. The summed E-state index contributed by atoms with van der Waals surface area (Å²) < 4.78 is 42.1. The molecule has 14 heteroatoms. The van der Waals surface area contributed by atoms with Crippen LogP contribution in [0.2, 0.25) is 0 Å². The number of hydrogen-bond donors (Lipinski definition) is 3. The number of nitrogens with zero attached hydrogens (tertiary/aromatic N) is 3. The smallest absolute Gasteiger partial charge is 0.435 e. The maximum Gasteiger partial charge on any atom is 0.435 e.